The molecule has 3 heteroatoms. The van der Waals surface area contributed by atoms with Gasteiger partial charge in [-0.2, -0.15) is 12.6 Å². The fourth-order valence-corrected chi connectivity index (χ4v) is 1.16. The highest BCUT2D eigenvalue weighted by molar-refractivity contribution is 7.81. The van der Waals surface area contributed by atoms with Gasteiger partial charge in [-0.05, 0) is 6.42 Å². The van der Waals surface area contributed by atoms with E-state index in [2.05, 4.69) is 19.6 Å². The Morgan fingerprint density at radius 1 is 1.60 bits per heavy atom. The summed E-state index contributed by atoms with van der Waals surface area (Å²) in [7, 11) is 0. The van der Waals surface area contributed by atoms with Crippen LogP contribution in [0.4, 0.5) is 0 Å². The number of thiol groups is 1. The average molecular weight is 162 g/mol. The van der Waals surface area contributed by atoms with Crippen LogP contribution in [0.5, 0.6) is 0 Å². The van der Waals surface area contributed by atoms with E-state index in [0.717, 1.165) is 19.6 Å². The summed E-state index contributed by atoms with van der Waals surface area (Å²) in [5.74, 6) is 0. The standard InChI is InChI=1S/C7H14O2S/c1-2-7(10)6-5-8-3-4-9-6/h6-7,10H,2-5H2,1H3. The first-order valence-corrected chi connectivity index (χ1v) is 4.23. The van der Waals surface area contributed by atoms with Crippen molar-refractivity contribution in [3.05, 3.63) is 0 Å². The first-order valence-electron chi connectivity index (χ1n) is 3.72. The van der Waals surface area contributed by atoms with Crippen LogP contribution < -0.4 is 0 Å². The normalized spacial score (nSPS) is 30.0. The number of hydrogen-bond acceptors (Lipinski definition) is 3. The van der Waals surface area contributed by atoms with Gasteiger partial charge in [0.15, 0.2) is 0 Å². The van der Waals surface area contributed by atoms with Gasteiger partial charge in [-0.15, -0.1) is 0 Å². The van der Waals surface area contributed by atoms with Gasteiger partial charge in [-0.25, -0.2) is 0 Å². The predicted octanol–water partition coefficient (Wildman–Crippen LogP) is 1.11. The van der Waals surface area contributed by atoms with Crippen LogP contribution in [0.2, 0.25) is 0 Å². The van der Waals surface area contributed by atoms with E-state index >= 15 is 0 Å². The molecule has 1 rings (SSSR count). The Morgan fingerprint density at radius 2 is 2.40 bits per heavy atom. The Bertz CT molecular complexity index is 91.6. The molecule has 1 aliphatic heterocycles. The molecule has 1 heterocycles. The fraction of sp³-hybridized carbons (Fsp3) is 1.00. The molecular weight excluding hydrogens is 148 g/mol. The van der Waals surface area contributed by atoms with Gasteiger partial charge in [0.2, 0.25) is 0 Å². The maximum Gasteiger partial charge on any atom is 0.0925 e. The Morgan fingerprint density at radius 3 is 2.90 bits per heavy atom. The molecule has 10 heavy (non-hydrogen) atoms. The van der Waals surface area contributed by atoms with Gasteiger partial charge in [0, 0.05) is 5.25 Å². The van der Waals surface area contributed by atoms with Crippen LogP contribution in [-0.2, 0) is 9.47 Å². The smallest absolute Gasteiger partial charge is 0.0925 e. The van der Waals surface area contributed by atoms with Crippen LogP contribution in [0, 0.1) is 0 Å². The van der Waals surface area contributed by atoms with Crippen LogP contribution in [-0.4, -0.2) is 31.2 Å². The van der Waals surface area contributed by atoms with Gasteiger partial charge in [0.25, 0.3) is 0 Å². The van der Waals surface area contributed by atoms with Crippen LogP contribution in [0.25, 0.3) is 0 Å². The van der Waals surface area contributed by atoms with Gasteiger partial charge in [-0.3, -0.25) is 0 Å². The Hall–Kier alpha value is 0.270. The van der Waals surface area contributed by atoms with E-state index in [1.165, 1.54) is 0 Å². The molecule has 0 amide bonds. The first-order chi connectivity index (χ1) is 4.84. The molecule has 0 radical (unpaired) electrons. The zero-order chi connectivity index (χ0) is 7.40. The number of hydrogen-bond donors (Lipinski definition) is 1. The highest BCUT2D eigenvalue weighted by atomic mass is 32.1. The van der Waals surface area contributed by atoms with Crippen LogP contribution in [0.3, 0.4) is 0 Å². The second-order valence-electron chi connectivity index (χ2n) is 2.46. The molecule has 0 aromatic rings. The molecule has 0 aliphatic carbocycles. The van der Waals surface area contributed by atoms with Crippen molar-refractivity contribution in [2.75, 3.05) is 19.8 Å². The quantitative estimate of drug-likeness (QED) is 0.613. The summed E-state index contributed by atoms with van der Waals surface area (Å²) < 4.78 is 10.7. The van der Waals surface area contributed by atoms with Crippen LogP contribution in [0.1, 0.15) is 13.3 Å². The molecule has 60 valence electrons. The minimum atomic E-state index is 0.210. The predicted molar refractivity (Wildman–Crippen MR) is 43.6 cm³/mol. The Kier molecular flexibility index (Phi) is 3.52. The third kappa shape index (κ3) is 2.15. The monoisotopic (exact) mass is 162 g/mol. The lowest BCUT2D eigenvalue weighted by atomic mass is 10.2. The molecule has 0 N–H and O–H groups in total. The van der Waals surface area contributed by atoms with Crippen molar-refractivity contribution in [2.24, 2.45) is 0 Å². The average Bonchev–Trinajstić information content (AvgIpc) is 2.05. The van der Waals surface area contributed by atoms with E-state index in [9.17, 15) is 0 Å². The van der Waals surface area contributed by atoms with Crippen molar-refractivity contribution in [3.63, 3.8) is 0 Å². The highest BCUT2D eigenvalue weighted by Gasteiger charge is 2.20. The molecule has 2 atom stereocenters. The van der Waals surface area contributed by atoms with Gasteiger partial charge in [0.1, 0.15) is 0 Å². The Labute approximate surface area is 67.3 Å². The van der Waals surface area contributed by atoms with Gasteiger partial charge >= 0.3 is 0 Å². The second kappa shape index (κ2) is 4.21. The van der Waals surface area contributed by atoms with E-state index in [-0.39, 0.29) is 6.10 Å². The van der Waals surface area contributed by atoms with E-state index < -0.39 is 0 Å². The molecule has 2 unspecified atom stereocenters. The maximum absolute atomic E-state index is 5.43. The van der Waals surface area contributed by atoms with Gasteiger partial charge in [-0.1, -0.05) is 6.92 Å². The Balaban J connectivity index is 2.24. The summed E-state index contributed by atoms with van der Waals surface area (Å²) in [6.07, 6.45) is 1.25. The van der Waals surface area contributed by atoms with E-state index in [4.69, 9.17) is 9.47 Å². The SMILES string of the molecule is CCC(S)C1COCCO1. The minimum Gasteiger partial charge on any atom is -0.376 e. The van der Waals surface area contributed by atoms with Crippen molar-refractivity contribution >= 4 is 12.6 Å². The first kappa shape index (κ1) is 8.37. The third-order valence-corrected chi connectivity index (χ3v) is 2.39. The van der Waals surface area contributed by atoms with Gasteiger partial charge < -0.3 is 9.47 Å². The van der Waals surface area contributed by atoms with E-state index in [1.54, 1.807) is 0 Å². The summed E-state index contributed by atoms with van der Waals surface area (Å²) >= 11 is 4.37. The molecule has 0 spiro atoms. The summed E-state index contributed by atoms with van der Waals surface area (Å²) in [6, 6.07) is 0. The second-order valence-corrected chi connectivity index (χ2v) is 3.12. The molecule has 0 saturated carbocycles. The summed E-state index contributed by atoms with van der Waals surface area (Å²) in [5, 5.41) is 0.334. The van der Waals surface area contributed by atoms with E-state index in [0.29, 0.717) is 11.9 Å². The van der Waals surface area contributed by atoms with Crippen molar-refractivity contribution in [1.29, 1.82) is 0 Å². The van der Waals surface area contributed by atoms with Crippen molar-refractivity contribution in [3.8, 4) is 0 Å². The van der Waals surface area contributed by atoms with Gasteiger partial charge in [0.05, 0.1) is 25.9 Å². The molecular formula is C7H14O2S. The summed E-state index contributed by atoms with van der Waals surface area (Å²) in [6.45, 7) is 4.28. The number of rotatable bonds is 2. The summed E-state index contributed by atoms with van der Waals surface area (Å²) in [4.78, 5) is 0. The molecule has 0 aromatic carbocycles. The largest absolute Gasteiger partial charge is 0.376 e. The molecule has 1 aliphatic rings. The lowest BCUT2D eigenvalue weighted by Crippen LogP contribution is -2.35. The van der Waals surface area contributed by atoms with E-state index in [1.807, 2.05) is 0 Å². The lowest BCUT2D eigenvalue weighted by molar-refractivity contribution is -0.0879. The fourth-order valence-electron chi connectivity index (χ4n) is 0.991. The zero-order valence-corrected chi connectivity index (χ0v) is 7.14. The molecule has 1 saturated heterocycles. The summed E-state index contributed by atoms with van der Waals surface area (Å²) in [5.41, 5.74) is 0. The topological polar surface area (TPSA) is 18.5 Å². The maximum atomic E-state index is 5.43. The van der Waals surface area contributed by atoms with Crippen LogP contribution >= 0.6 is 12.6 Å². The van der Waals surface area contributed by atoms with Crippen molar-refractivity contribution < 1.29 is 9.47 Å². The lowest BCUT2D eigenvalue weighted by Gasteiger charge is -2.26. The van der Waals surface area contributed by atoms with Crippen molar-refractivity contribution in [2.45, 2.75) is 24.7 Å². The molecule has 0 aromatic heterocycles. The van der Waals surface area contributed by atoms with Crippen LogP contribution in [0.15, 0.2) is 0 Å². The number of ether oxygens (including phenoxy) is 2. The zero-order valence-electron chi connectivity index (χ0n) is 6.25. The third-order valence-electron chi connectivity index (χ3n) is 1.69. The van der Waals surface area contributed by atoms with Crippen molar-refractivity contribution in [1.82, 2.24) is 0 Å². The molecule has 1 fully saturated rings. The minimum absolute atomic E-state index is 0.210. The highest BCUT2D eigenvalue weighted by Crippen LogP contribution is 2.13. The molecule has 2 nitrogen and oxygen atoms in total. The molecule has 0 bridgehead atoms.